The van der Waals surface area contributed by atoms with Gasteiger partial charge in [-0.15, -0.1) is 0 Å². The summed E-state index contributed by atoms with van der Waals surface area (Å²) < 4.78 is 0. The van der Waals surface area contributed by atoms with Crippen LogP contribution in [0.3, 0.4) is 0 Å². The Kier molecular flexibility index (Phi) is 6.94. The van der Waals surface area contributed by atoms with Crippen molar-refractivity contribution in [3.8, 4) is 0 Å². The monoisotopic (exact) mass is 347 g/mol. The standard InChI is InChI=1S/C17H23.2CH3.Zr/c1-16(2)11-12-17(3,13-7-4-5-8-13)15-10-6-9-14(15)16;;;/h4-5,7,9,11-12,14-15H,6,8,10H2,1-3H3;2*1H3;/q3*-1;+3. The molecule has 3 atom stereocenters. The third kappa shape index (κ3) is 2.99. The topological polar surface area (TPSA) is 0 Å². The van der Waals surface area contributed by atoms with Gasteiger partial charge >= 0.3 is 26.2 Å². The quantitative estimate of drug-likeness (QED) is 0.427. The van der Waals surface area contributed by atoms with E-state index >= 15 is 0 Å². The number of hydrogen-bond acceptors (Lipinski definition) is 0. The van der Waals surface area contributed by atoms with Gasteiger partial charge in [-0.1, -0.05) is 69.1 Å². The molecule has 1 fully saturated rings. The van der Waals surface area contributed by atoms with Crippen molar-refractivity contribution in [1.29, 1.82) is 0 Å². The SMILES string of the molecule is CC1(C)C=CC(C)(C2=CC=CC2)C2CC[CH-]C21.[CH3-].[CH3-].[Zr+3]. The van der Waals surface area contributed by atoms with Crippen molar-refractivity contribution in [3.05, 3.63) is 57.2 Å². The molecular weight excluding hydrogens is 319 g/mol. The van der Waals surface area contributed by atoms with E-state index in [9.17, 15) is 0 Å². The molecule has 3 aliphatic rings. The second-order valence-electron chi connectivity index (χ2n) is 6.71. The first-order valence-electron chi connectivity index (χ1n) is 6.94. The van der Waals surface area contributed by atoms with Crippen molar-refractivity contribution in [2.24, 2.45) is 22.7 Å². The predicted octanol–water partition coefficient (Wildman–Crippen LogP) is 5.60. The molecule has 0 N–H and O–H groups in total. The summed E-state index contributed by atoms with van der Waals surface area (Å²) in [6, 6.07) is 0. The van der Waals surface area contributed by atoms with Crippen molar-refractivity contribution in [2.45, 2.75) is 40.0 Å². The molecule has 20 heavy (non-hydrogen) atoms. The minimum absolute atomic E-state index is 0. The van der Waals surface area contributed by atoms with E-state index < -0.39 is 0 Å². The summed E-state index contributed by atoms with van der Waals surface area (Å²) in [5.74, 6) is 1.58. The third-order valence-corrected chi connectivity index (χ3v) is 5.28. The van der Waals surface area contributed by atoms with Gasteiger partial charge in [-0.05, 0) is 11.8 Å². The molecule has 0 aliphatic heterocycles. The van der Waals surface area contributed by atoms with Crippen LogP contribution in [0.5, 0.6) is 0 Å². The molecule has 0 bridgehead atoms. The summed E-state index contributed by atoms with van der Waals surface area (Å²) in [6.45, 7) is 7.24. The van der Waals surface area contributed by atoms with E-state index in [0.717, 1.165) is 18.3 Å². The Balaban J connectivity index is 0.00000120. The Morgan fingerprint density at radius 1 is 1.15 bits per heavy atom. The molecular formula is C19H29Zr. The number of allylic oxidation sites excluding steroid dienone is 6. The molecule has 0 aromatic rings. The van der Waals surface area contributed by atoms with E-state index in [4.69, 9.17) is 0 Å². The van der Waals surface area contributed by atoms with Gasteiger partial charge in [0.15, 0.2) is 0 Å². The molecule has 1 heteroatoms. The molecule has 3 unspecified atom stereocenters. The van der Waals surface area contributed by atoms with Gasteiger partial charge < -0.3 is 21.3 Å². The Labute approximate surface area is 145 Å². The number of rotatable bonds is 1. The van der Waals surface area contributed by atoms with Gasteiger partial charge in [-0.2, -0.15) is 12.3 Å². The van der Waals surface area contributed by atoms with Crippen molar-refractivity contribution in [2.75, 3.05) is 0 Å². The summed E-state index contributed by atoms with van der Waals surface area (Å²) >= 11 is 0. The first-order valence-corrected chi connectivity index (χ1v) is 6.94. The maximum atomic E-state index is 2.58. The van der Waals surface area contributed by atoms with E-state index in [2.05, 4.69) is 57.6 Å². The molecule has 0 nitrogen and oxygen atoms in total. The molecule has 0 aromatic carbocycles. The van der Waals surface area contributed by atoms with Crippen LogP contribution in [0.15, 0.2) is 36.0 Å². The van der Waals surface area contributed by atoms with Crippen molar-refractivity contribution in [3.63, 3.8) is 0 Å². The second kappa shape index (κ2) is 6.91. The van der Waals surface area contributed by atoms with Crippen molar-refractivity contribution < 1.29 is 26.2 Å². The minimum atomic E-state index is 0. The molecule has 3 rings (SSSR count). The molecule has 0 aromatic heterocycles. The third-order valence-electron chi connectivity index (χ3n) is 5.28. The molecule has 1 radical (unpaired) electrons. The second-order valence-corrected chi connectivity index (χ2v) is 6.71. The average Bonchev–Trinajstić information content (AvgIpc) is 2.94. The van der Waals surface area contributed by atoms with Crippen LogP contribution >= 0.6 is 0 Å². The summed E-state index contributed by atoms with van der Waals surface area (Å²) in [5, 5.41) is 0. The van der Waals surface area contributed by atoms with E-state index in [-0.39, 0.29) is 41.1 Å². The van der Waals surface area contributed by atoms with E-state index in [1.807, 2.05) is 0 Å². The minimum Gasteiger partial charge on any atom is -0.358 e. The summed E-state index contributed by atoms with van der Waals surface area (Å²) in [7, 11) is 0. The first kappa shape index (κ1) is 20.1. The average molecular weight is 349 g/mol. The van der Waals surface area contributed by atoms with Crippen LogP contribution in [0.25, 0.3) is 0 Å². The smallest absolute Gasteiger partial charge is 0.358 e. The summed E-state index contributed by atoms with van der Waals surface area (Å²) in [5.41, 5.74) is 2.28. The maximum Gasteiger partial charge on any atom is 3.00 e. The normalized spacial score (nSPS) is 36.2. The zero-order valence-electron chi connectivity index (χ0n) is 13.7. The van der Waals surface area contributed by atoms with Gasteiger partial charge in [0, 0.05) is 5.41 Å². The van der Waals surface area contributed by atoms with E-state index in [1.165, 1.54) is 12.8 Å². The molecule has 0 saturated heterocycles. The Bertz CT molecular complexity index is 413. The fourth-order valence-corrected chi connectivity index (χ4v) is 4.11. The Morgan fingerprint density at radius 3 is 2.45 bits per heavy atom. The molecule has 3 aliphatic carbocycles. The van der Waals surface area contributed by atoms with Gasteiger partial charge in [0.05, 0.1) is 0 Å². The summed E-state index contributed by atoms with van der Waals surface area (Å²) in [4.78, 5) is 0. The molecule has 0 spiro atoms. The van der Waals surface area contributed by atoms with Crippen molar-refractivity contribution in [1.82, 2.24) is 0 Å². The fourth-order valence-electron chi connectivity index (χ4n) is 4.11. The van der Waals surface area contributed by atoms with Crippen LogP contribution < -0.4 is 0 Å². The van der Waals surface area contributed by atoms with Gasteiger partial charge in [-0.3, -0.25) is 0 Å². The largest absolute Gasteiger partial charge is 3.00 e. The maximum absolute atomic E-state index is 2.58. The van der Waals surface area contributed by atoms with Crippen LogP contribution in [-0.2, 0) is 26.2 Å². The summed E-state index contributed by atoms with van der Waals surface area (Å²) in [6.07, 6.45) is 18.2. The number of hydrogen-bond donors (Lipinski definition) is 0. The van der Waals surface area contributed by atoms with Crippen LogP contribution in [0.2, 0.25) is 0 Å². The number of fused-ring (bicyclic) bond motifs is 1. The van der Waals surface area contributed by atoms with Gasteiger partial charge in [0.2, 0.25) is 0 Å². The van der Waals surface area contributed by atoms with Crippen LogP contribution in [0, 0.1) is 43.9 Å². The zero-order chi connectivity index (χ0) is 12.1. The van der Waals surface area contributed by atoms with Gasteiger partial charge in [0.1, 0.15) is 0 Å². The van der Waals surface area contributed by atoms with Crippen molar-refractivity contribution >= 4 is 0 Å². The molecule has 109 valence electrons. The Hall–Kier alpha value is 0.103. The van der Waals surface area contributed by atoms with Gasteiger partial charge in [0.25, 0.3) is 0 Å². The van der Waals surface area contributed by atoms with Crippen LogP contribution in [0.4, 0.5) is 0 Å². The predicted molar refractivity (Wildman–Crippen MR) is 86.2 cm³/mol. The molecule has 0 amide bonds. The first-order chi connectivity index (χ1) is 8.04. The van der Waals surface area contributed by atoms with Gasteiger partial charge in [-0.25, -0.2) is 0 Å². The molecule has 0 heterocycles. The van der Waals surface area contributed by atoms with E-state index in [0.29, 0.717) is 10.8 Å². The Morgan fingerprint density at radius 2 is 1.85 bits per heavy atom. The molecule has 1 saturated carbocycles. The van der Waals surface area contributed by atoms with E-state index in [1.54, 1.807) is 5.57 Å². The van der Waals surface area contributed by atoms with Crippen LogP contribution in [0.1, 0.15) is 40.0 Å². The van der Waals surface area contributed by atoms with Crippen LogP contribution in [-0.4, -0.2) is 0 Å². The fraction of sp³-hybridized carbons (Fsp3) is 0.526. The zero-order valence-corrected chi connectivity index (χ0v) is 16.2.